The van der Waals surface area contributed by atoms with Crippen LogP contribution < -0.4 is 19.9 Å². The Balaban J connectivity index is 1.71. The minimum absolute atomic E-state index is 0.166. The van der Waals surface area contributed by atoms with Crippen LogP contribution in [0.3, 0.4) is 0 Å². The third-order valence-electron chi connectivity index (χ3n) is 5.73. The third kappa shape index (κ3) is 3.86. The molecule has 7 nitrogen and oxygen atoms in total. The molecule has 0 spiro atoms. The fourth-order valence-corrected chi connectivity index (χ4v) is 4.61. The van der Waals surface area contributed by atoms with Crippen molar-refractivity contribution in [2.24, 2.45) is 0 Å². The van der Waals surface area contributed by atoms with Gasteiger partial charge in [-0.05, 0) is 40.8 Å². The van der Waals surface area contributed by atoms with Gasteiger partial charge in [-0.1, -0.05) is 66.4 Å². The van der Waals surface area contributed by atoms with Gasteiger partial charge in [0.05, 0.1) is 16.8 Å². The van der Waals surface area contributed by atoms with Crippen molar-refractivity contribution >= 4 is 23.4 Å². The molecule has 34 heavy (non-hydrogen) atoms. The largest absolute Gasteiger partial charge is 0.488 e. The van der Waals surface area contributed by atoms with E-state index in [2.05, 4.69) is 4.98 Å². The highest BCUT2D eigenvalue weighted by Gasteiger charge is 2.46. The number of fused-ring (bicyclic) bond motifs is 3. The summed E-state index contributed by atoms with van der Waals surface area (Å²) in [4.78, 5) is 30.7. The molecular weight excluding hydrogens is 448 g/mol. The van der Waals surface area contributed by atoms with Gasteiger partial charge in [-0.3, -0.25) is 14.6 Å². The Morgan fingerprint density at radius 2 is 1.76 bits per heavy atom. The van der Waals surface area contributed by atoms with E-state index in [1.807, 2.05) is 85.1 Å². The molecule has 2 heterocycles. The maximum Gasteiger partial charge on any atom is 0.325 e. The number of H-pyrrole nitrogens is 1. The van der Waals surface area contributed by atoms with Crippen molar-refractivity contribution < 1.29 is 14.2 Å². The average Bonchev–Trinajstić information content (AvgIpc) is 2.87. The Bertz CT molecular complexity index is 1420. The first kappa shape index (κ1) is 21.9. The smallest absolute Gasteiger partial charge is 0.325 e. The van der Waals surface area contributed by atoms with Gasteiger partial charge in [0, 0.05) is 12.0 Å². The molecule has 1 amide bonds. The Hall–Kier alpha value is -3.91. The molecule has 4 aromatic rings. The maximum absolute atomic E-state index is 13.2. The first-order valence-corrected chi connectivity index (χ1v) is 12.1. The van der Waals surface area contributed by atoms with Gasteiger partial charge in [-0.15, -0.1) is 0 Å². The van der Waals surface area contributed by atoms with E-state index in [9.17, 15) is 9.59 Å². The summed E-state index contributed by atoms with van der Waals surface area (Å²) in [6.07, 6.45) is 1.15. The fraction of sp³-hybridized carbons (Fsp3) is 0.154. The Morgan fingerprint density at radius 3 is 2.53 bits per heavy atom. The summed E-state index contributed by atoms with van der Waals surface area (Å²) in [5.41, 5.74) is 3.21. The minimum Gasteiger partial charge on any atom is -0.488 e. The van der Waals surface area contributed by atoms with E-state index in [-0.39, 0.29) is 11.5 Å². The molecule has 1 aromatic heterocycles. The van der Waals surface area contributed by atoms with Crippen LogP contribution in [0.4, 0.5) is 5.69 Å². The van der Waals surface area contributed by atoms with E-state index in [0.717, 1.165) is 11.1 Å². The van der Waals surface area contributed by atoms with E-state index < -0.39 is 6.17 Å². The fourth-order valence-electron chi connectivity index (χ4n) is 4.25. The van der Waals surface area contributed by atoms with Crippen LogP contribution in [0.25, 0.3) is 11.3 Å². The monoisotopic (exact) mass is 471 g/mol. The second-order valence-corrected chi connectivity index (χ2v) is 8.64. The quantitative estimate of drug-likeness (QED) is 0.352. The number of thioether (sulfide) groups is 1. The zero-order valence-corrected chi connectivity index (χ0v) is 19.6. The second kappa shape index (κ2) is 9.15. The van der Waals surface area contributed by atoms with Crippen molar-refractivity contribution in [2.75, 3.05) is 11.2 Å². The molecule has 0 radical (unpaired) electrons. The van der Waals surface area contributed by atoms with E-state index in [1.165, 1.54) is 18.7 Å². The number of carbonyl (C=O) groups excluding carboxylic acids is 1. The van der Waals surface area contributed by atoms with Gasteiger partial charge in [-0.25, -0.2) is 4.90 Å². The molecular formula is C26H23N4O3S+. The molecule has 5 rings (SSSR count). The van der Waals surface area contributed by atoms with Crippen molar-refractivity contribution in [3.63, 3.8) is 0 Å². The van der Waals surface area contributed by atoms with Crippen LogP contribution in [0.15, 0.2) is 88.8 Å². The number of nitrogens with zero attached hydrogens (tertiary/aromatic N) is 3. The van der Waals surface area contributed by atoms with E-state index in [0.29, 0.717) is 34.5 Å². The lowest BCUT2D eigenvalue weighted by Gasteiger charge is -2.32. The second-order valence-electron chi connectivity index (χ2n) is 7.85. The highest BCUT2D eigenvalue weighted by Crippen LogP contribution is 2.39. The number of anilines is 1. The summed E-state index contributed by atoms with van der Waals surface area (Å²) in [5, 5.41) is 5.18. The normalized spacial score (nSPS) is 14.3. The number of hydrogen-bond donors (Lipinski definition) is 1. The predicted octanol–water partition coefficient (Wildman–Crippen LogP) is 3.94. The highest BCUT2D eigenvalue weighted by atomic mass is 32.2. The Morgan fingerprint density at radius 1 is 1.06 bits per heavy atom. The van der Waals surface area contributed by atoms with Gasteiger partial charge in [0.15, 0.2) is 0 Å². The minimum atomic E-state index is -0.692. The lowest BCUT2D eigenvalue weighted by atomic mass is 10.0. The molecule has 1 N–H and O–H groups in total. The molecule has 170 valence electrons. The summed E-state index contributed by atoms with van der Waals surface area (Å²) in [5.74, 6) is 0.453. The van der Waals surface area contributed by atoms with E-state index in [1.54, 1.807) is 9.58 Å². The molecule has 1 aliphatic rings. The molecule has 0 bridgehead atoms. The van der Waals surface area contributed by atoms with Crippen LogP contribution >= 0.6 is 11.8 Å². The van der Waals surface area contributed by atoms with Crippen LogP contribution in [0.2, 0.25) is 0 Å². The van der Waals surface area contributed by atoms with Crippen molar-refractivity contribution in [1.29, 1.82) is 0 Å². The topological polar surface area (TPSA) is 79.2 Å². The number of rotatable bonds is 5. The maximum atomic E-state index is 13.2. The van der Waals surface area contributed by atoms with Crippen LogP contribution in [-0.2, 0) is 11.4 Å². The summed E-state index contributed by atoms with van der Waals surface area (Å²) >= 11 is 1.33. The zero-order chi connectivity index (χ0) is 23.7. The first-order valence-electron chi connectivity index (χ1n) is 10.8. The number of aromatic nitrogens is 3. The van der Waals surface area contributed by atoms with Gasteiger partial charge < -0.3 is 4.74 Å². The summed E-state index contributed by atoms with van der Waals surface area (Å²) in [6, 6.07) is 24.8. The third-order valence-corrected chi connectivity index (χ3v) is 6.30. The lowest BCUT2D eigenvalue weighted by Crippen LogP contribution is -2.60. The molecule has 3 aromatic carbocycles. The number of hydrogen-bond acceptors (Lipinski definition) is 5. The zero-order valence-electron chi connectivity index (χ0n) is 18.8. The molecule has 0 unspecified atom stereocenters. The molecule has 8 heteroatoms. The van der Waals surface area contributed by atoms with Crippen molar-refractivity contribution in [2.45, 2.75) is 24.9 Å². The standard InChI is InChI=1S/C26H22N4O3S/c1-17(31)29-21-14-8-6-12-19(21)23-24(32)27-26(34-2)28-30(23)25(29)20-13-7-9-15-22(20)33-16-18-10-4-3-5-11-18/h3-15,25H,16H2,1-2H3/p+1/t25-/m0/s1. The number of para-hydroxylation sites is 2. The predicted molar refractivity (Wildman–Crippen MR) is 131 cm³/mol. The molecule has 0 fully saturated rings. The molecule has 0 saturated carbocycles. The number of amides is 1. The highest BCUT2D eigenvalue weighted by molar-refractivity contribution is 7.98. The van der Waals surface area contributed by atoms with Gasteiger partial charge in [0.2, 0.25) is 11.1 Å². The SMILES string of the molecule is CSc1n[n+]2c(c(=O)[nH]1)-c1ccccc1N(C(C)=O)[C@@H]2c1ccccc1OCc1ccccc1. The van der Waals surface area contributed by atoms with Gasteiger partial charge in [0.1, 0.15) is 12.4 Å². The molecule has 1 atom stereocenters. The van der Waals surface area contributed by atoms with Crippen LogP contribution in [-0.4, -0.2) is 22.2 Å². The Kier molecular flexibility index (Phi) is 5.90. The Labute approximate surface area is 201 Å². The van der Waals surface area contributed by atoms with E-state index >= 15 is 0 Å². The number of carbonyl (C=O) groups is 1. The van der Waals surface area contributed by atoms with Crippen LogP contribution in [0.1, 0.15) is 24.2 Å². The molecule has 1 aliphatic heterocycles. The first-order chi connectivity index (χ1) is 16.6. The van der Waals surface area contributed by atoms with Crippen LogP contribution in [0.5, 0.6) is 5.75 Å². The number of nitrogens with one attached hydrogen (secondary N) is 1. The van der Waals surface area contributed by atoms with Crippen molar-refractivity contribution in [3.05, 3.63) is 100 Å². The van der Waals surface area contributed by atoms with Crippen molar-refractivity contribution in [1.82, 2.24) is 10.1 Å². The summed E-state index contributed by atoms with van der Waals surface area (Å²) < 4.78 is 7.86. The van der Waals surface area contributed by atoms with Crippen molar-refractivity contribution in [3.8, 4) is 17.0 Å². The molecule has 0 aliphatic carbocycles. The number of ether oxygens (including phenoxy) is 1. The van der Waals surface area contributed by atoms with Crippen LogP contribution in [0, 0.1) is 0 Å². The van der Waals surface area contributed by atoms with E-state index in [4.69, 9.17) is 9.84 Å². The average molecular weight is 472 g/mol. The summed E-state index contributed by atoms with van der Waals surface area (Å²) in [7, 11) is 0. The lowest BCUT2D eigenvalue weighted by molar-refractivity contribution is -0.763. The van der Waals surface area contributed by atoms with Gasteiger partial charge in [-0.2, -0.15) is 0 Å². The van der Waals surface area contributed by atoms with Gasteiger partial charge in [0.25, 0.3) is 6.17 Å². The summed E-state index contributed by atoms with van der Waals surface area (Å²) in [6.45, 7) is 1.89. The number of benzene rings is 3. The van der Waals surface area contributed by atoms with Gasteiger partial charge >= 0.3 is 11.3 Å². The molecule has 0 saturated heterocycles. The number of aromatic amines is 1.